The summed E-state index contributed by atoms with van der Waals surface area (Å²) in [6.07, 6.45) is -0.463. The number of methoxy groups -OCH3 is 1. The fraction of sp³-hybridized carbons (Fsp3) is 0.696. The minimum absolute atomic E-state index is 0.0473. The van der Waals surface area contributed by atoms with Crippen molar-refractivity contribution in [3.63, 3.8) is 0 Å². The van der Waals surface area contributed by atoms with Crippen LogP contribution < -0.4 is 0 Å². The van der Waals surface area contributed by atoms with Gasteiger partial charge in [0.25, 0.3) is 0 Å². The van der Waals surface area contributed by atoms with E-state index in [0.29, 0.717) is 17.9 Å². The predicted octanol–water partition coefficient (Wildman–Crippen LogP) is 5.07. The molecule has 1 N–H and O–H groups in total. The average molecular weight is 469 g/mol. The third kappa shape index (κ3) is 8.18. The Morgan fingerprint density at radius 2 is 1.75 bits per heavy atom. The van der Waals surface area contributed by atoms with Crippen LogP contribution in [0.1, 0.15) is 70.2 Å². The van der Waals surface area contributed by atoms with Crippen LogP contribution in [0.15, 0.2) is 12.1 Å². The number of carboxylic acid groups (broad SMARTS) is 1. The molecule has 0 fully saturated rings. The maximum absolute atomic E-state index is 13.1. The Bertz CT molecular complexity index is 799. The minimum Gasteiger partial charge on any atom is -0.477 e. The molecular formula is C23H40N2O6Si. The van der Waals surface area contributed by atoms with E-state index >= 15 is 0 Å². The van der Waals surface area contributed by atoms with Crippen molar-refractivity contribution in [2.45, 2.75) is 91.4 Å². The fourth-order valence-electron chi connectivity index (χ4n) is 2.59. The average Bonchev–Trinajstić information content (AvgIpc) is 2.62. The Balaban J connectivity index is 3.22. The lowest BCUT2D eigenvalue weighted by Gasteiger charge is -2.39. The molecule has 1 aromatic heterocycles. The molecule has 0 aliphatic heterocycles. The van der Waals surface area contributed by atoms with E-state index in [1.807, 2.05) is 27.7 Å². The number of nitrogens with zero attached hydrogens (tertiary/aromatic N) is 2. The minimum atomic E-state index is -2.01. The number of hydrogen-bond acceptors (Lipinski definition) is 6. The number of aromatic carboxylic acids is 1. The van der Waals surface area contributed by atoms with Crippen LogP contribution in [0.3, 0.4) is 0 Å². The van der Waals surface area contributed by atoms with E-state index in [1.54, 1.807) is 11.0 Å². The maximum Gasteiger partial charge on any atom is 0.410 e. The Morgan fingerprint density at radius 1 is 1.16 bits per heavy atom. The first-order valence-corrected chi connectivity index (χ1v) is 13.7. The molecule has 0 spiro atoms. The Kier molecular flexibility index (Phi) is 9.44. The summed E-state index contributed by atoms with van der Waals surface area (Å²) in [6.45, 7) is 18.9. The van der Waals surface area contributed by atoms with Gasteiger partial charge in [-0.05, 0) is 57.5 Å². The van der Waals surface area contributed by atoms with Gasteiger partial charge in [-0.3, -0.25) is 4.90 Å². The van der Waals surface area contributed by atoms with Crippen LogP contribution in [0.5, 0.6) is 0 Å². The topological polar surface area (TPSA) is 98.2 Å². The van der Waals surface area contributed by atoms with Gasteiger partial charge in [-0.15, -0.1) is 0 Å². The predicted molar refractivity (Wildman–Crippen MR) is 126 cm³/mol. The number of ether oxygens (including phenoxy) is 2. The molecule has 1 rings (SSSR count). The fourth-order valence-corrected chi connectivity index (χ4v) is 3.69. The summed E-state index contributed by atoms with van der Waals surface area (Å²) in [4.78, 5) is 30.2. The molecule has 0 radical (unpaired) electrons. The second kappa shape index (κ2) is 10.8. The number of rotatable bonds is 9. The van der Waals surface area contributed by atoms with Gasteiger partial charge in [0.1, 0.15) is 11.3 Å². The van der Waals surface area contributed by atoms with E-state index in [0.717, 1.165) is 0 Å². The highest BCUT2D eigenvalue weighted by Gasteiger charge is 2.38. The summed E-state index contributed by atoms with van der Waals surface area (Å²) in [5.74, 6) is -1.12. The zero-order valence-electron chi connectivity index (χ0n) is 21.2. The first-order valence-electron chi connectivity index (χ1n) is 10.8. The van der Waals surface area contributed by atoms with Gasteiger partial charge in [-0.25, -0.2) is 14.6 Å². The smallest absolute Gasteiger partial charge is 0.410 e. The second-order valence-electron chi connectivity index (χ2n) is 10.6. The van der Waals surface area contributed by atoms with Gasteiger partial charge < -0.3 is 19.0 Å². The van der Waals surface area contributed by atoms with Crippen LogP contribution >= 0.6 is 0 Å². The Morgan fingerprint density at radius 3 is 2.22 bits per heavy atom. The third-order valence-corrected chi connectivity index (χ3v) is 10.1. The summed E-state index contributed by atoms with van der Waals surface area (Å²) >= 11 is 0. The van der Waals surface area contributed by atoms with Crippen molar-refractivity contribution in [3.8, 4) is 0 Å². The van der Waals surface area contributed by atoms with Crippen LogP contribution in [0.4, 0.5) is 4.79 Å². The van der Waals surface area contributed by atoms with Crippen molar-refractivity contribution in [2.75, 3.05) is 13.7 Å². The first-order chi connectivity index (χ1) is 14.5. The number of hydrogen-bond donors (Lipinski definition) is 1. The molecule has 32 heavy (non-hydrogen) atoms. The molecule has 0 bridgehead atoms. The van der Waals surface area contributed by atoms with Gasteiger partial charge in [0.15, 0.2) is 8.32 Å². The lowest BCUT2D eigenvalue weighted by atomic mass is 10.1. The SMILES string of the molecule is COCc1nc(C(=O)O)ccc1CN(C(=O)OC(C)(C)C)[C@@H](C)CO[Si](C)(C)C(C)(C)C. The highest BCUT2D eigenvalue weighted by atomic mass is 28.4. The van der Waals surface area contributed by atoms with E-state index in [2.05, 4.69) is 38.8 Å². The summed E-state index contributed by atoms with van der Waals surface area (Å²) in [6, 6.07) is 2.83. The van der Waals surface area contributed by atoms with Gasteiger partial charge in [0.05, 0.1) is 31.5 Å². The molecule has 0 saturated carbocycles. The number of aromatic nitrogens is 1. The second-order valence-corrected chi connectivity index (χ2v) is 15.4. The van der Waals surface area contributed by atoms with E-state index in [9.17, 15) is 14.7 Å². The summed E-state index contributed by atoms with van der Waals surface area (Å²) in [5, 5.41) is 9.31. The van der Waals surface area contributed by atoms with Crippen molar-refractivity contribution in [1.29, 1.82) is 0 Å². The molecule has 0 aromatic carbocycles. The molecule has 1 aromatic rings. The van der Waals surface area contributed by atoms with Crippen molar-refractivity contribution >= 4 is 20.4 Å². The molecule has 1 heterocycles. The van der Waals surface area contributed by atoms with Gasteiger partial charge in [-0.1, -0.05) is 26.8 Å². The number of amides is 1. The lowest BCUT2D eigenvalue weighted by molar-refractivity contribution is 0.00983. The van der Waals surface area contributed by atoms with Crippen molar-refractivity contribution in [2.24, 2.45) is 0 Å². The standard InChI is InChI=1S/C23H40N2O6Si/c1-16(14-30-32(9,10)23(5,6)7)25(21(28)31-22(2,3)4)13-17-11-12-18(20(26)27)24-19(17)15-29-8/h11-12,16H,13-15H2,1-10H3,(H,26,27)/t16-/m0/s1. The molecule has 1 atom stereocenters. The van der Waals surface area contributed by atoms with E-state index in [1.165, 1.54) is 13.2 Å². The van der Waals surface area contributed by atoms with Crippen molar-refractivity contribution in [3.05, 3.63) is 29.1 Å². The van der Waals surface area contributed by atoms with Crippen LogP contribution in [-0.4, -0.2) is 60.7 Å². The molecule has 8 nitrogen and oxygen atoms in total. The van der Waals surface area contributed by atoms with Crippen molar-refractivity contribution < 1.29 is 28.6 Å². The molecule has 1 amide bonds. The van der Waals surface area contributed by atoms with Crippen LogP contribution in [0.2, 0.25) is 18.1 Å². The number of pyridine rings is 1. The van der Waals surface area contributed by atoms with Crippen molar-refractivity contribution in [1.82, 2.24) is 9.88 Å². The molecular weight excluding hydrogens is 428 g/mol. The van der Waals surface area contributed by atoms with E-state index < -0.39 is 26.0 Å². The zero-order chi connectivity index (χ0) is 24.9. The zero-order valence-corrected chi connectivity index (χ0v) is 22.2. The number of carbonyl (C=O) groups is 2. The van der Waals surface area contributed by atoms with Crippen LogP contribution in [0.25, 0.3) is 0 Å². The molecule has 0 aliphatic rings. The van der Waals surface area contributed by atoms with Gasteiger partial charge in [0, 0.05) is 7.11 Å². The monoisotopic (exact) mass is 468 g/mol. The van der Waals surface area contributed by atoms with E-state index in [-0.39, 0.29) is 29.9 Å². The highest BCUT2D eigenvalue weighted by Crippen LogP contribution is 2.36. The van der Waals surface area contributed by atoms with Gasteiger partial charge in [-0.2, -0.15) is 0 Å². The largest absolute Gasteiger partial charge is 0.477 e. The summed E-state index contributed by atoms with van der Waals surface area (Å²) in [5.41, 5.74) is 0.440. The van der Waals surface area contributed by atoms with Gasteiger partial charge in [0.2, 0.25) is 0 Å². The quantitative estimate of drug-likeness (QED) is 0.505. The maximum atomic E-state index is 13.1. The summed E-state index contributed by atoms with van der Waals surface area (Å²) < 4.78 is 17.2. The third-order valence-electron chi connectivity index (χ3n) is 5.56. The van der Waals surface area contributed by atoms with Crippen LogP contribution in [-0.2, 0) is 27.1 Å². The lowest BCUT2D eigenvalue weighted by Crippen LogP contribution is -2.48. The normalized spacial score (nSPS) is 13.6. The van der Waals surface area contributed by atoms with Crippen LogP contribution in [0, 0.1) is 0 Å². The highest BCUT2D eigenvalue weighted by molar-refractivity contribution is 6.74. The molecule has 0 saturated heterocycles. The summed E-state index contributed by atoms with van der Waals surface area (Å²) in [7, 11) is -0.493. The molecule has 182 valence electrons. The van der Waals surface area contributed by atoms with Gasteiger partial charge >= 0.3 is 12.1 Å². The molecule has 0 aliphatic carbocycles. The molecule has 0 unspecified atom stereocenters. The van der Waals surface area contributed by atoms with E-state index in [4.69, 9.17) is 13.9 Å². The Hall–Kier alpha value is -1.97. The Labute approximate surface area is 193 Å². The number of carbonyl (C=O) groups excluding carboxylic acids is 1. The first kappa shape index (κ1) is 28.1. The number of carboxylic acids is 1. The molecule has 9 heteroatoms.